The number of alkyl halides is 1. The van der Waals surface area contributed by atoms with E-state index in [0.29, 0.717) is 0 Å². The maximum atomic E-state index is 2.35. The van der Waals surface area contributed by atoms with E-state index >= 15 is 0 Å². The molecule has 0 heterocycles. The fourth-order valence-electron chi connectivity index (χ4n) is 2.32. The minimum absolute atomic E-state index is 0. The first-order chi connectivity index (χ1) is 10.8. The lowest BCUT2D eigenvalue weighted by Gasteiger charge is -2.00. The molecule has 136 valence electrons. The number of hydrogen-bond acceptors (Lipinski definition) is 0. The van der Waals surface area contributed by atoms with Gasteiger partial charge in [0.1, 0.15) is 5.75 Å². The molecule has 0 nitrogen and oxygen atoms in total. The van der Waals surface area contributed by atoms with Crippen molar-refractivity contribution in [2.24, 2.45) is 0 Å². The Labute approximate surface area is 180 Å². The number of halogens is 2. The van der Waals surface area contributed by atoms with E-state index in [1.54, 1.807) is 11.8 Å². The normalized spacial score (nSPS) is 9.70. The Morgan fingerprint density at radius 2 is 1.26 bits per heavy atom. The van der Waals surface area contributed by atoms with Crippen molar-refractivity contribution in [2.75, 3.05) is 12.0 Å². The van der Waals surface area contributed by atoms with Gasteiger partial charge in [-0.05, 0) is 30.2 Å². The SMILES string of the molecule is CCCCCCCCCCCC[SH+]C.ICc1ccccc1.[I-]. The topological polar surface area (TPSA) is 0 Å². The van der Waals surface area contributed by atoms with Crippen LogP contribution >= 0.6 is 22.6 Å². The van der Waals surface area contributed by atoms with Crippen LogP contribution in [0.2, 0.25) is 0 Å². The van der Waals surface area contributed by atoms with Crippen LogP contribution in [0.1, 0.15) is 76.7 Å². The van der Waals surface area contributed by atoms with Crippen molar-refractivity contribution in [1.29, 1.82) is 0 Å². The van der Waals surface area contributed by atoms with Gasteiger partial charge in [0.15, 0.2) is 0 Å². The summed E-state index contributed by atoms with van der Waals surface area (Å²) in [7, 11) is 0. The third-order valence-electron chi connectivity index (χ3n) is 3.73. The van der Waals surface area contributed by atoms with Gasteiger partial charge in [-0.25, -0.2) is 0 Å². The number of rotatable bonds is 12. The molecule has 23 heavy (non-hydrogen) atoms. The van der Waals surface area contributed by atoms with Gasteiger partial charge in [-0.2, -0.15) is 0 Å². The second-order valence-electron chi connectivity index (χ2n) is 5.84. The van der Waals surface area contributed by atoms with Crippen molar-refractivity contribution in [1.82, 2.24) is 0 Å². The molecule has 0 bridgehead atoms. The quantitative estimate of drug-likeness (QED) is 0.119. The number of benzene rings is 1. The standard InChI is InChI=1S/C13H28S.C7H7I.HI/c1-3-4-5-6-7-8-9-10-11-12-13-14-2;8-6-7-4-2-1-3-5-7;/h3-13H2,1-2H3;1-5H,6H2;1H. The average molecular weight is 562 g/mol. The molecule has 0 atom stereocenters. The molecule has 0 amide bonds. The van der Waals surface area contributed by atoms with Crippen molar-refractivity contribution in [2.45, 2.75) is 75.6 Å². The van der Waals surface area contributed by atoms with E-state index in [-0.39, 0.29) is 24.0 Å². The lowest BCUT2D eigenvalue weighted by molar-refractivity contribution is -0.00000468. The monoisotopic (exact) mass is 562 g/mol. The Hall–Kier alpha value is 1.03. The highest BCUT2D eigenvalue weighted by Gasteiger charge is 1.93. The molecule has 1 aromatic carbocycles. The van der Waals surface area contributed by atoms with Crippen molar-refractivity contribution < 1.29 is 24.0 Å². The summed E-state index contributed by atoms with van der Waals surface area (Å²) in [6.45, 7) is 2.28. The molecule has 0 unspecified atom stereocenters. The maximum absolute atomic E-state index is 2.35. The van der Waals surface area contributed by atoms with Crippen molar-refractivity contribution in [3.05, 3.63) is 35.9 Å². The molecule has 0 radical (unpaired) electrons. The van der Waals surface area contributed by atoms with Crippen LogP contribution < -0.4 is 24.0 Å². The summed E-state index contributed by atoms with van der Waals surface area (Å²) in [6.07, 6.45) is 16.8. The smallest absolute Gasteiger partial charge is 0.105 e. The van der Waals surface area contributed by atoms with Crippen LogP contribution in [0.25, 0.3) is 0 Å². The maximum Gasteiger partial charge on any atom is 0.105 e. The van der Waals surface area contributed by atoms with E-state index in [4.69, 9.17) is 0 Å². The summed E-state index contributed by atoms with van der Waals surface area (Å²) in [6, 6.07) is 10.4. The molecule has 0 saturated carbocycles. The van der Waals surface area contributed by atoms with E-state index in [1.807, 2.05) is 6.07 Å². The minimum Gasteiger partial charge on any atom is -1.00 e. The third-order valence-corrected chi connectivity index (χ3v) is 5.38. The molecule has 0 spiro atoms. The van der Waals surface area contributed by atoms with Gasteiger partial charge in [-0.3, -0.25) is 0 Å². The minimum atomic E-state index is 0. The van der Waals surface area contributed by atoms with E-state index in [1.165, 1.54) is 75.5 Å². The van der Waals surface area contributed by atoms with Crippen LogP contribution in [0.15, 0.2) is 30.3 Å². The number of thiol groups is 1. The molecule has 0 fully saturated rings. The molecule has 0 N–H and O–H groups in total. The molecule has 0 saturated heterocycles. The van der Waals surface area contributed by atoms with Gasteiger partial charge in [0.2, 0.25) is 0 Å². The largest absolute Gasteiger partial charge is 1.00 e. The van der Waals surface area contributed by atoms with Crippen LogP contribution in [-0.2, 0) is 16.2 Å². The first kappa shape index (κ1) is 26.3. The summed E-state index contributed by atoms with van der Waals surface area (Å²) >= 11 is 3.93. The van der Waals surface area contributed by atoms with Gasteiger partial charge in [-0.1, -0.05) is 111 Å². The highest BCUT2D eigenvalue weighted by Crippen LogP contribution is 2.10. The second-order valence-corrected chi connectivity index (χ2v) is 7.68. The Kier molecular flexibility index (Phi) is 26.3. The molecular formula is C20H36I2S. The van der Waals surface area contributed by atoms with E-state index in [9.17, 15) is 0 Å². The highest BCUT2D eigenvalue weighted by atomic mass is 127. The Balaban J connectivity index is 0. The Morgan fingerprint density at radius 1 is 0.783 bits per heavy atom. The van der Waals surface area contributed by atoms with Gasteiger partial charge in [0.05, 0.1) is 6.26 Å². The summed E-state index contributed by atoms with van der Waals surface area (Å²) in [5.74, 6) is 1.41. The predicted molar refractivity (Wildman–Crippen MR) is 116 cm³/mol. The third kappa shape index (κ3) is 21.0. The lowest BCUT2D eigenvalue weighted by Crippen LogP contribution is -3.00. The molecule has 0 aliphatic carbocycles. The van der Waals surface area contributed by atoms with E-state index < -0.39 is 0 Å². The van der Waals surface area contributed by atoms with Crippen LogP contribution in [0, 0.1) is 0 Å². The van der Waals surface area contributed by atoms with Gasteiger partial charge in [0, 0.05) is 4.43 Å². The number of unbranched alkanes of at least 4 members (excludes halogenated alkanes) is 9. The molecule has 0 aliphatic rings. The van der Waals surface area contributed by atoms with Gasteiger partial charge < -0.3 is 24.0 Å². The van der Waals surface area contributed by atoms with E-state index in [2.05, 4.69) is 60.0 Å². The molecule has 3 heteroatoms. The van der Waals surface area contributed by atoms with Crippen molar-refractivity contribution in [3.8, 4) is 0 Å². The van der Waals surface area contributed by atoms with Crippen molar-refractivity contribution in [3.63, 3.8) is 0 Å². The van der Waals surface area contributed by atoms with E-state index in [0.717, 1.165) is 4.43 Å². The summed E-state index contributed by atoms with van der Waals surface area (Å²) < 4.78 is 1.11. The van der Waals surface area contributed by atoms with Crippen LogP contribution in [-0.4, -0.2) is 12.0 Å². The second kappa shape index (κ2) is 23.0. The van der Waals surface area contributed by atoms with Gasteiger partial charge in [-0.15, -0.1) is 0 Å². The zero-order valence-corrected chi connectivity index (χ0v) is 20.3. The first-order valence-electron chi connectivity index (χ1n) is 9.00. The first-order valence-corrected chi connectivity index (χ1v) is 12.1. The van der Waals surface area contributed by atoms with Gasteiger partial charge >= 0.3 is 0 Å². The lowest BCUT2D eigenvalue weighted by atomic mass is 10.1. The zero-order valence-electron chi connectivity index (χ0n) is 15.1. The number of hydrogen-bond donors (Lipinski definition) is 0. The fraction of sp³-hybridized carbons (Fsp3) is 0.700. The average Bonchev–Trinajstić information content (AvgIpc) is 2.58. The summed E-state index contributed by atoms with van der Waals surface area (Å²) in [4.78, 5) is 0. The molecular weight excluding hydrogens is 526 g/mol. The highest BCUT2D eigenvalue weighted by molar-refractivity contribution is 14.1. The van der Waals surface area contributed by atoms with Crippen LogP contribution in [0.5, 0.6) is 0 Å². The van der Waals surface area contributed by atoms with Crippen LogP contribution in [0.4, 0.5) is 0 Å². The molecule has 1 aromatic rings. The summed E-state index contributed by atoms with van der Waals surface area (Å²) in [5, 5.41) is 0. The van der Waals surface area contributed by atoms with Gasteiger partial charge in [0.25, 0.3) is 0 Å². The van der Waals surface area contributed by atoms with Crippen molar-refractivity contribution >= 4 is 34.4 Å². The molecule has 0 aromatic heterocycles. The molecule has 1 rings (SSSR count). The molecule has 0 aliphatic heterocycles. The summed E-state index contributed by atoms with van der Waals surface area (Å²) in [5.41, 5.74) is 1.40. The van der Waals surface area contributed by atoms with Crippen LogP contribution in [0.3, 0.4) is 0 Å². The fourth-order valence-corrected chi connectivity index (χ4v) is 3.37. The Bertz CT molecular complexity index is 292. The zero-order chi connectivity index (χ0) is 16.3. The predicted octanol–water partition coefficient (Wildman–Crippen LogP) is 3.98. The Morgan fingerprint density at radius 3 is 1.65 bits per heavy atom.